The summed E-state index contributed by atoms with van der Waals surface area (Å²) >= 11 is -0.134. The first-order valence-electron chi connectivity index (χ1n) is 7.03. The molecule has 3 rings (SSSR count). The van der Waals surface area contributed by atoms with Gasteiger partial charge in [-0.3, -0.25) is 0 Å². The second-order valence-electron chi connectivity index (χ2n) is 6.46. The molecule has 0 unspecified atom stereocenters. The van der Waals surface area contributed by atoms with Crippen molar-refractivity contribution in [3.05, 3.63) is 0 Å². The molecule has 0 amide bonds. The predicted molar refractivity (Wildman–Crippen MR) is 71.0 cm³/mol. The number of thioether (sulfide) groups is 1. The summed E-state index contributed by atoms with van der Waals surface area (Å²) in [6.45, 7) is 6.89. The van der Waals surface area contributed by atoms with Gasteiger partial charge in [0.25, 0.3) is 0 Å². The van der Waals surface area contributed by atoms with Crippen molar-refractivity contribution in [2.45, 2.75) is 75.5 Å². The van der Waals surface area contributed by atoms with Crippen LogP contribution in [0.3, 0.4) is 0 Å². The fourth-order valence-electron chi connectivity index (χ4n) is 3.00. The summed E-state index contributed by atoms with van der Waals surface area (Å²) in [6.07, 6.45) is -3.20. The Morgan fingerprint density at radius 2 is 1.41 bits per heavy atom. The van der Waals surface area contributed by atoms with E-state index in [1.807, 2.05) is 0 Å². The molecule has 5 atom stereocenters. The Morgan fingerprint density at radius 1 is 0.864 bits per heavy atom. The molecule has 22 heavy (non-hydrogen) atoms. The van der Waals surface area contributed by atoms with Crippen molar-refractivity contribution in [3.8, 4) is 0 Å². The van der Waals surface area contributed by atoms with E-state index < -0.39 is 47.8 Å². The molecule has 3 aliphatic rings. The Kier molecular flexibility index (Phi) is 3.98. The molecule has 0 N–H and O–H groups in total. The van der Waals surface area contributed by atoms with Gasteiger partial charge >= 0.3 is 5.51 Å². The number of ether oxygens (including phenoxy) is 5. The highest BCUT2D eigenvalue weighted by atomic mass is 32.2. The van der Waals surface area contributed by atoms with Crippen LogP contribution in [0.2, 0.25) is 0 Å². The van der Waals surface area contributed by atoms with Crippen LogP contribution < -0.4 is 0 Å². The van der Waals surface area contributed by atoms with Crippen LogP contribution >= 0.6 is 11.8 Å². The number of hydrogen-bond donors (Lipinski definition) is 0. The van der Waals surface area contributed by atoms with E-state index in [4.69, 9.17) is 23.7 Å². The molecule has 0 aromatic carbocycles. The molecule has 3 fully saturated rings. The lowest BCUT2D eigenvalue weighted by Gasteiger charge is -2.37. The quantitative estimate of drug-likeness (QED) is 0.767. The maximum Gasteiger partial charge on any atom is 0.441 e. The first-order chi connectivity index (χ1) is 9.96. The van der Waals surface area contributed by atoms with Crippen LogP contribution in [-0.4, -0.2) is 53.5 Å². The lowest BCUT2D eigenvalue weighted by atomic mass is 10.00. The van der Waals surface area contributed by atoms with Gasteiger partial charge in [-0.15, -0.1) is 0 Å². The summed E-state index contributed by atoms with van der Waals surface area (Å²) < 4.78 is 66.1. The van der Waals surface area contributed by atoms with Crippen molar-refractivity contribution in [2.75, 3.05) is 5.75 Å². The van der Waals surface area contributed by atoms with Crippen LogP contribution in [0.25, 0.3) is 0 Å². The van der Waals surface area contributed by atoms with Crippen molar-refractivity contribution >= 4 is 11.8 Å². The minimum atomic E-state index is -4.32. The molecule has 5 nitrogen and oxygen atoms in total. The SMILES string of the molecule is CC1(C)O[C@H]2[C@@H](O1)[C@@H](CSC(F)(F)F)O[C@@H]1OC(C)(C)O[C@@H]12. The molecule has 0 spiro atoms. The van der Waals surface area contributed by atoms with Crippen molar-refractivity contribution in [1.29, 1.82) is 0 Å². The van der Waals surface area contributed by atoms with Crippen molar-refractivity contribution in [1.82, 2.24) is 0 Å². The minimum absolute atomic E-state index is 0.134. The van der Waals surface area contributed by atoms with Gasteiger partial charge < -0.3 is 23.7 Å². The van der Waals surface area contributed by atoms with Gasteiger partial charge in [-0.25, -0.2) is 0 Å². The Morgan fingerprint density at radius 3 is 2.05 bits per heavy atom. The third kappa shape index (κ3) is 3.39. The lowest BCUT2D eigenvalue weighted by Crippen LogP contribution is -2.55. The average molecular weight is 344 g/mol. The second-order valence-corrected chi connectivity index (χ2v) is 7.55. The molecular formula is C13H19F3O5S. The van der Waals surface area contributed by atoms with Crippen LogP contribution in [0.5, 0.6) is 0 Å². The summed E-state index contributed by atoms with van der Waals surface area (Å²) in [5, 5.41) is 0. The monoisotopic (exact) mass is 344 g/mol. The van der Waals surface area contributed by atoms with E-state index in [0.717, 1.165) is 0 Å². The number of hydrogen-bond acceptors (Lipinski definition) is 6. The van der Waals surface area contributed by atoms with E-state index >= 15 is 0 Å². The largest absolute Gasteiger partial charge is 0.441 e. The van der Waals surface area contributed by atoms with E-state index in [1.165, 1.54) is 0 Å². The van der Waals surface area contributed by atoms with Gasteiger partial charge in [0.2, 0.25) is 0 Å². The standard InChI is InChI=1S/C13H19F3O5S/c1-11(2)18-7-6(5-22-13(14,15)16)17-10-9(8(7)19-11)20-12(3,4)21-10/h6-10H,5H2,1-4H3/t6-,7+,8+,9-,10-/m1/s1. The molecule has 0 saturated carbocycles. The zero-order chi connectivity index (χ0) is 16.3. The zero-order valence-corrected chi connectivity index (χ0v) is 13.5. The predicted octanol–water partition coefficient (Wildman–Crippen LogP) is 2.64. The molecule has 0 aromatic heterocycles. The van der Waals surface area contributed by atoms with E-state index in [9.17, 15) is 13.2 Å². The molecular weight excluding hydrogens is 325 g/mol. The molecule has 3 saturated heterocycles. The first-order valence-corrected chi connectivity index (χ1v) is 8.02. The third-order valence-corrected chi connectivity index (χ3v) is 4.48. The average Bonchev–Trinajstić information content (AvgIpc) is 2.79. The van der Waals surface area contributed by atoms with E-state index in [-0.39, 0.29) is 17.5 Å². The molecule has 0 bridgehead atoms. The van der Waals surface area contributed by atoms with Gasteiger partial charge in [0, 0.05) is 5.75 Å². The number of halogens is 3. The van der Waals surface area contributed by atoms with Crippen LogP contribution in [-0.2, 0) is 23.7 Å². The van der Waals surface area contributed by atoms with Gasteiger partial charge in [-0.2, -0.15) is 13.2 Å². The van der Waals surface area contributed by atoms with Crippen molar-refractivity contribution in [2.24, 2.45) is 0 Å². The molecule has 9 heteroatoms. The Balaban J connectivity index is 1.78. The van der Waals surface area contributed by atoms with Gasteiger partial charge in [-0.1, -0.05) is 0 Å². The number of fused-ring (bicyclic) bond motifs is 3. The molecule has 0 aromatic rings. The van der Waals surface area contributed by atoms with Crippen molar-refractivity contribution < 1.29 is 36.9 Å². The summed E-state index contributed by atoms with van der Waals surface area (Å²) in [7, 11) is 0. The summed E-state index contributed by atoms with van der Waals surface area (Å²) in [6, 6.07) is 0. The highest BCUT2D eigenvalue weighted by molar-refractivity contribution is 8.00. The molecule has 3 aliphatic heterocycles. The maximum atomic E-state index is 12.5. The summed E-state index contributed by atoms with van der Waals surface area (Å²) in [5.74, 6) is -2.05. The van der Waals surface area contributed by atoms with Crippen LogP contribution in [0.15, 0.2) is 0 Å². The first kappa shape index (κ1) is 16.8. The molecule has 0 radical (unpaired) electrons. The van der Waals surface area contributed by atoms with E-state index in [0.29, 0.717) is 0 Å². The van der Waals surface area contributed by atoms with Crippen LogP contribution in [0.1, 0.15) is 27.7 Å². The second kappa shape index (κ2) is 5.22. The lowest BCUT2D eigenvalue weighted by molar-refractivity contribution is -0.228. The number of alkyl halides is 3. The third-order valence-electron chi connectivity index (χ3n) is 3.66. The minimum Gasteiger partial charge on any atom is -0.343 e. The van der Waals surface area contributed by atoms with Gasteiger partial charge in [0.1, 0.15) is 18.3 Å². The Labute approximate surface area is 130 Å². The van der Waals surface area contributed by atoms with Gasteiger partial charge in [0.15, 0.2) is 17.9 Å². The fraction of sp³-hybridized carbons (Fsp3) is 1.00. The fourth-order valence-corrected chi connectivity index (χ4v) is 3.63. The maximum absolute atomic E-state index is 12.5. The molecule has 0 aliphatic carbocycles. The highest BCUT2D eigenvalue weighted by Gasteiger charge is 2.60. The molecule has 3 heterocycles. The molecule has 128 valence electrons. The summed E-state index contributed by atoms with van der Waals surface area (Å²) in [5.41, 5.74) is -4.32. The number of rotatable bonds is 2. The van der Waals surface area contributed by atoms with Gasteiger partial charge in [-0.05, 0) is 39.5 Å². The summed E-state index contributed by atoms with van der Waals surface area (Å²) in [4.78, 5) is 0. The van der Waals surface area contributed by atoms with E-state index in [1.54, 1.807) is 27.7 Å². The van der Waals surface area contributed by atoms with Crippen LogP contribution in [0, 0.1) is 0 Å². The van der Waals surface area contributed by atoms with E-state index in [2.05, 4.69) is 0 Å². The Hall–Kier alpha value is -0.0600. The smallest absolute Gasteiger partial charge is 0.343 e. The topological polar surface area (TPSA) is 46.2 Å². The van der Waals surface area contributed by atoms with Gasteiger partial charge in [0.05, 0.1) is 6.10 Å². The van der Waals surface area contributed by atoms with Crippen molar-refractivity contribution in [3.63, 3.8) is 0 Å². The normalized spacial score (nSPS) is 43.0. The van der Waals surface area contributed by atoms with Crippen LogP contribution in [0.4, 0.5) is 13.2 Å². The zero-order valence-electron chi connectivity index (χ0n) is 12.7. The highest BCUT2D eigenvalue weighted by Crippen LogP contribution is 2.45. The Bertz CT molecular complexity index is 442.